The van der Waals surface area contributed by atoms with Gasteiger partial charge in [-0.15, -0.1) is 0 Å². The Bertz CT molecular complexity index is 700. The van der Waals surface area contributed by atoms with Crippen molar-refractivity contribution in [2.24, 2.45) is 11.7 Å². The van der Waals surface area contributed by atoms with Gasteiger partial charge in [0.1, 0.15) is 5.82 Å². The Morgan fingerprint density at radius 3 is 2.73 bits per heavy atom. The summed E-state index contributed by atoms with van der Waals surface area (Å²) in [6, 6.07) is 8.29. The minimum atomic E-state index is -0.578. The van der Waals surface area contributed by atoms with Crippen molar-refractivity contribution in [3.05, 3.63) is 52.4 Å². The summed E-state index contributed by atoms with van der Waals surface area (Å²) in [4.78, 5) is 19.3. The van der Waals surface area contributed by atoms with Crippen LogP contribution < -0.4 is 11.1 Å². The Labute approximate surface area is 133 Å². The molecule has 3 N–H and O–H groups in total. The Morgan fingerprint density at radius 2 is 2.05 bits per heavy atom. The zero-order chi connectivity index (χ0) is 15.5. The average Bonchev–Trinajstić information content (AvgIpc) is 3.30. The zero-order valence-corrected chi connectivity index (χ0v) is 12.8. The molecule has 0 unspecified atom stereocenters. The third kappa shape index (κ3) is 3.54. The molecule has 114 valence electrons. The van der Waals surface area contributed by atoms with Gasteiger partial charge < -0.3 is 11.1 Å². The van der Waals surface area contributed by atoms with E-state index in [1.54, 1.807) is 0 Å². The van der Waals surface area contributed by atoms with Gasteiger partial charge in [-0.25, -0.2) is 4.98 Å². The van der Waals surface area contributed by atoms with Crippen LogP contribution in [0, 0.1) is 5.92 Å². The topological polar surface area (TPSA) is 80.9 Å². The number of nitrogens with zero attached hydrogens (tertiary/aromatic N) is 2. The normalized spacial score (nSPS) is 13.9. The molecule has 6 heteroatoms. The number of anilines is 1. The summed E-state index contributed by atoms with van der Waals surface area (Å²) in [7, 11) is 0. The number of hydrogen-bond acceptors (Lipinski definition) is 4. The van der Waals surface area contributed by atoms with Crippen LogP contribution in [-0.2, 0) is 13.0 Å². The number of nitrogens with one attached hydrogen (secondary N) is 1. The zero-order valence-electron chi connectivity index (χ0n) is 12.1. The molecule has 0 aliphatic heterocycles. The molecule has 3 rings (SSSR count). The van der Waals surface area contributed by atoms with Gasteiger partial charge in [-0.1, -0.05) is 24.3 Å². The minimum absolute atomic E-state index is 0.0822. The van der Waals surface area contributed by atoms with Gasteiger partial charge in [-0.2, -0.15) is 4.98 Å². The first kappa shape index (κ1) is 14.8. The molecule has 1 amide bonds. The largest absolute Gasteiger partial charge is 0.365 e. The highest BCUT2D eigenvalue weighted by Crippen LogP contribution is 2.33. The third-order valence-electron chi connectivity index (χ3n) is 3.80. The molecule has 5 nitrogen and oxygen atoms in total. The molecule has 0 saturated heterocycles. The van der Waals surface area contributed by atoms with Crippen molar-refractivity contribution in [3.63, 3.8) is 0 Å². The van der Waals surface area contributed by atoms with Gasteiger partial charge in [0.05, 0.1) is 5.56 Å². The van der Waals surface area contributed by atoms with Gasteiger partial charge in [0.25, 0.3) is 5.91 Å². The van der Waals surface area contributed by atoms with Crippen molar-refractivity contribution in [2.75, 3.05) is 5.32 Å². The first-order valence-electron chi connectivity index (χ1n) is 7.26. The second-order valence-corrected chi connectivity index (χ2v) is 5.87. The summed E-state index contributed by atoms with van der Waals surface area (Å²) in [5.41, 5.74) is 8.10. The number of hydrogen-bond donors (Lipinski definition) is 2. The molecule has 2 aromatic rings. The van der Waals surface area contributed by atoms with E-state index in [1.807, 2.05) is 6.07 Å². The molecule has 0 bridgehead atoms. The van der Waals surface area contributed by atoms with Crippen LogP contribution in [0.4, 0.5) is 5.82 Å². The van der Waals surface area contributed by atoms with E-state index in [0.717, 1.165) is 12.3 Å². The van der Waals surface area contributed by atoms with Gasteiger partial charge >= 0.3 is 0 Å². The van der Waals surface area contributed by atoms with E-state index >= 15 is 0 Å². The lowest BCUT2D eigenvalue weighted by atomic mass is 10.0. The maximum Gasteiger partial charge on any atom is 0.254 e. The number of halogens is 1. The van der Waals surface area contributed by atoms with Crippen molar-refractivity contribution in [1.29, 1.82) is 0 Å². The Morgan fingerprint density at radius 1 is 1.32 bits per heavy atom. The molecule has 0 spiro atoms. The van der Waals surface area contributed by atoms with Gasteiger partial charge in [-0.3, -0.25) is 4.79 Å². The fraction of sp³-hybridized carbons (Fsp3) is 0.312. The number of nitrogens with two attached hydrogens (primary N) is 1. The number of carbonyl (C=O) groups is 1. The van der Waals surface area contributed by atoms with Crippen LogP contribution in [0.2, 0.25) is 5.28 Å². The van der Waals surface area contributed by atoms with E-state index in [-0.39, 0.29) is 10.8 Å². The van der Waals surface area contributed by atoms with Crippen LogP contribution in [0.25, 0.3) is 0 Å². The summed E-state index contributed by atoms with van der Waals surface area (Å²) >= 11 is 5.80. The maximum atomic E-state index is 11.4. The fourth-order valence-electron chi connectivity index (χ4n) is 2.42. The average molecular weight is 317 g/mol. The second-order valence-electron chi connectivity index (χ2n) is 5.54. The van der Waals surface area contributed by atoms with E-state index in [9.17, 15) is 4.79 Å². The van der Waals surface area contributed by atoms with Gasteiger partial charge in [-0.05, 0) is 47.9 Å². The van der Waals surface area contributed by atoms with Crippen molar-refractivity contribution in [2.45, 2.75) is 25.8 Å². The lowest BCUT2D eigenvalue weighted by Gasteiger charge is -2.12. The van der Waals surface area contributed by atoms with Crippen molar-refractivity contribution in [1.82, 2.24) is 9.97 Å². The molecular formula is C16H17ClN4O. The number of amides is 1. The molecule has 0 atom stereocenters. The molecule has 0 radical (unpaired) electrons. The van der Waals surface area contributed by atoms with Crippen LogP contribution in [0.15, 0.2) is 30.5 Å². The molecule has 22 heavy (non-hydrogen) atoms. The maximum absolute atomic E-state index is 11.4. The van der Waals surface area contributed by atoms with Gasteiger partial charge in [0.15, 0.2) is 0 Å². The number of benzene rings is 1. The Hall–Kier alpha value is -2.14. The Balaban J connectivity index is 1.77. The molecule has 1 aliphatic rings. The van der Waals surface area contributed by atoms with Gasteiger partial charge in [0.2, 0.25) is 5.28 Å². The van der Waals surface area contributed by atoms with E-state index in [0.29, 0.717) is 12.4 Å². The van der Waals surface area contributed by atoms with Crippen LogP contribution >= 0.6 is 11.6 Å². The van der Waals surface area contributed by atoms with E-state index < -0.39 is 5.91 Å². The second kappa shape index (κ2) is 6.32. The quantitative estimate of drug-likeness (QED) is 0.803. The molecule has 1 aliphatic carbocycles. The predicted octanol–water partition coefficient (Wildman–Crippen LogP) is 2.79. The highest BCUT2D eigenvalue weighted by Gasteiger charge is 2.22. The Kier molecular flexibility index (Phi) is 4.24. The van der Waals surface area contributed by atoms with Crippen LogP contribution in [0.1, 0.15) is 34.3 Å². The SMILES string of the molecule is NC(=O)c1cnc(Cl)nc1NCc1ccccc1CC1CC1. The predicted molar refractivity (Wildman–Crippen MR) is 85.8 cm³/mol. The summed E-state index contributed by atoms with van der Waals surface area (Å²) in [6.45, 7) is 0.566. The van der Waals surface area contributed by atoms with Crippen LogP contribution in [0.5, 0.6) is 0 Å². The lowest BCUT2D eigenvalue weighted by molar-refractivity contribution is 0.100. The molecule has 1 saturated carbocycles. The van der Waals surface area contributed by atoms with Crippen molar-refractivity contribution >= 4 is 23.3 Å². The monoisotopic (exact) mass is 316 g/mol. The number of carbonyl (C=O) groups excluding carboxylic acids is 1. The number of rotatable bonds is 6. The summed E-state index contributed by atoms with van der Waals surface area (Å²) in [6.07, 6.45) is 5.07. The highest BCUT2D eigenvalue weighted by atomic mass is 35.5. The fourth-order valence-corrected chi connectivity index (χ4v) is 2.55. The smallest absolute Gasteiger partial charge is 0.254 e. The third-order valence-corrected chi connectivity index (χ3v) is 3.98. The first-order chi connectivity index (χ1) is 10.6. The molecular weight excluding hydrogens is 300 g/mol. The summed E-state index contributed by atoms with van der Waals surface area (Å²) in [5.74, 6) is 0.606. The molecule has 1 aromatic carbocycles. The van der Waals surface area contributed by atoms with E-state index in [4.69, 9.17) is 17.3 Å². The lowest BCUT2D eigenvalue weighted by Crippen LogP contribution is -2.16. The van der Waals surface area contributed by atoms with Crippen LogP contribution in [-0.4, -0.2) is 15.9 Å². The first-order valence-corrected chi connectivity index (χ1v) is 7.64. The van der Waals surface area contributed by atoms with E-state index in [1.165, 1.54) is 30.2 Å². The van der Waals surface area contributed by atoms with E-state index in [2.05, 4.69) is 33.5 Å². The highest BCUT2D eigenvalue weighted by molar-refractivity contribution is 6.28. The molecule has 1 heterocycles. The number of aromatic nitrogens is 2. The standard InChI is InChI=1S/C16H17ClN4O/c17-16-20-9-13(14(18)22)15(21-16)19-8-12-4-2-1-3-11(12)7-10-5-6-10/h1-4,9-10H,5-8H2,(H2,18,22)(H,19,20,21). The molecule has 1 fully saturated rings. The summed E-state index contributed by atoms with van der Waals surface area (Å²) < 4.78 is 0. The van der Waals surface area contributed by atoms with Gasteiger partial charge in [0, 0.05) is 12.7 Å². The number of primary amides is 1. The molecule has 1 aromatic heterocycles. The van der Waals surface area contributed by atoms with Crippen LogP contribution in [0.3, 0.4) is 0 Å². The van der Waals surface area contributed by atoms with Crippen molar-refractivity contribution in [3.8, 4) is 0 Å². The minimum Gasteiger partial charge on any atom is -0.365 e. The van der Waals surface area contributed by atoms with Crippen molar-refractivity contribution < 1.29 is 4.79 Å². The summed E-state index contributed by atoms with van der Waals surface area (Å²) in [5, 5.41) is 3.23.